The highest BCUT2D eigenvalue weighted by molar-refractivity contribution is 5.77. The molecule has 0 amide bonds. The number of hydrogen-bond donors (Lipinski definition) is 1. The normalized spacial score (nSPS) is 11.3. The SMILES string of the molecule is Cc1cc(F)cc(F)c1Nc1c([N+](=O)[O-])cc([N+](=O)[O-])cc1C(F)(F)F. The average Bonchev–Trinajstić information content (AvgIpc) is 2.48. The van der Waals surface area contributed by atoms with Gasteiger partial charge in [0.15, 0.2) is 0 Å². The lowest BCUT2D eigenvalue weighted by Gasteiger charge is -2.16. The molecule has 7 nitrogen and oxygen atoms in total. The molecule has 2 aromatic carbocycles. The van der Waals surface area contributed by atoms with E-state index in [2.05, 4.69) is 0 Å². The van der Waals surface area contributed by atoms with Gasteiger partial charge >= 0.3 is 6.18 Å². The van der Waals surface area contributed by atoms with Crippen LogP contribution >= 0.6 is 0 Å². The van der Waals surface area contributed by atoms with Gasteiger partial charge < -0.3 is 5.32 Å². The Morgan fingerprint density at radius 1 is 0.962 bits per heavy atom. The van der Waals surface area contributed by atoms with E-state index < -0.39 is 56.0 Å². The van der Waals surface area contributed by atoms with Crippen molar-refractivity contribution in [3.05, 3.63) is 67.3 Å². The van der Waals surface area contributed by atoms with Gasteiger partial charge in [-0.15, -0.1) is 0 Å². The third-order valence-electron chi connectivity index (χ3n) is 3.32. The Balaban J connectivity index is 2.78. The summed E-state index contributed by atoms with van der Waals surface area (Å²) in [5.41, 5.74) is -6.17. The van der Waals surface area contributed by atoms with E-state index in [1.54, 1.807) is 0 Å². The summed E-state index contributed by atoms with van der Waals surface area (Å²) in [6, 6.07) is 1.58. The zero-order valence-electron chi connectivity index (χ0n) is 12.7. The van der Waals surface area contributed by atoms with Crippen LogP contribution in [0.1, 0.15) is 11.1 Å². The zero-order valence-corrected chi connectivity index (χ0v) is 12.7. The molecule has 0 saturated carbocycles. The number of nitrogens with zero attached hydrogens (tertiary/aromatic N) is 2. The summed E-state index contributed by atoms with van der Waals surface area (Å²) >= 11 is 0. The van der Waals surface area contributed by atoms with Crippen molar-refractivity contribution in [3.8, 4) is 0 Å². The molecule has 2 rings (SSSR count). The molecule has 0 spiro atoms. The summed E-state index contributed by atoms with van der Waals surface area (Å²) in [6.07, 6.45) is -5.22. The predicted molar refractivity (Wildman–Crippen MR) is 79.1 cm³/mol. The van der Waals surface area contributed by atoms with E-state index in [1.807, 2.05) is 5.32 Å². The Morgan fingerprint density at radius 3 is 2.04 bits per heavy atom. The topological polar surface area (TPSA) is 98.3 Å². The number of non-ortho nitro benzene ring substituents is 1. The summed E-state index contributed by atoms with van der Waals surface area (Å²) < 4.78 is 66.8. The third kappa shape index (κ3) is 3.68. The average molecular weight is 377 g/mol. The van der Waals surface area contributed by atoms with Crippen LogP contribution in [0.5, 0.6) is 0 Å². The second-order valence-electron chi connectivity index (χ2n) is 5.10. The second kappa shape index (κ2) is 6.54. The van der Waals surface area contributed by atoms with Crippen molar-refractivity contribution in [2.45, 2.75) is 13.1 Å². The lowest BCUT2D eigenvalue weighted by atomic mass is 10.1. The maximum Gasteiger partial charge on any atom is 0.418 e. The van der Waals surface area contributed by atoms with E-state index in [4.69, 9.17) is 0 Å². The molecule has 0 radical (unpaired) electrons. The minimum absolute atomic E-state index is 0.0894. The molecule has 12 heteroatoms. The van der Waals surface area contributed by atoms with Gasteiger partial charge in [-0.2, -0.15) is 13.2 Å². The molecular formula is C14H8F5N3O4. The van der Waals surface area contributed by atoms with Crippen molar-refractivity contribution < 1.29 is 31.8 Å². The molecule has 0 aliphatic rings. The Kier molecular flexibility index (Phi) is 4.78. The summed E-state index contributed by atoms with van der Waals surface area (Å²) in [6.45, 7) is 1.17. The summed E-state index contributed by atoms with van der Waals surface area (Å²) in [5.74, 6) is -2.29. The molecule has 0 unspecified atom stereocenters. The van der Waals surface area contributed by atoms with Gasteiger partial charge in [0.25, 0.3) is 11.4 Å². The van der Waals surface area contributed by atoms with Crippen molar-refractivity contribution >= 4 is 22.7 Å². The van der Waals surface area contributed by atoms with E-state index >= 15 is 0 Å². The molecule has 26 heavy (non-hydrogen) atoms. The van der Waals surface area contributed by atoms with Crippen LogP contribution in [0.2, 0.25) is 0 Å². The van der Waals surface area contributed by atoms with Crippen molar-refractivity contribution in [3.63, 3.8) is 0 Å². The second-order valence-corrected chi connectivity index (χ2v) is 5.10. The third-order valence-corrected chi connectivity index (χ3v) is 3.32. The van der Waals surface area contributed by atoms with Gasteiger partial charge in [-0.05, 0) is 18.6 Å². The van der Waals surface area contributed by atoms with Gasteiger partial charge in [0.2, 0.25) is 0 Å². The number of nitrogens with one attached hydrogen (secondary N) is 1. The van der Waals surface area contributed by atoms with Crippen molar-refractivity contribution in [2.75, 3.05) is 5.32 Å². The fraction of sp³-hybridized carbons (Fsp3) is 0.143. The first-order valence-corrected chi connectivity index (χ1v) is 6.68. The molecule has 0 aliphatic carbocycles. The van der Waals surface area contributed by atoms with Crippen LogP contribution in [0.4, 0.5) is 44.7 Å². The Hall–Kier alpha value is -3.31. The molecule has 0 aromatic heterocycles. The highest BCUT2D eigenvalue weighted by Crippen LogP contribution is 2.44. The Morgan fingerprint density at radius 2 is 1.58 bits per heavy atom. The van der Waals surface area contributed by atoms with E-state index in [9.17, 15) is 42.2 Å². The Labute approximate surface area is 141 Å². The van der Waals surface area contributed by atoms with Gasteiger partial charge in [-0.1, -0.05) is 0 Å². The van der Waals surface area contributed by atoms with Gasteiger partial charge in [0, 0.05) is 12.1 Å². The first kappa shape index (κ1) is 19.0. The number of alkyl halides is 3. The fourth-order valence-corrected chi connectivity index (χ4v) is 2.20. The zero-order chi connectivity index (χ0) is 19.8. The molecule has 1 N–H and O–H groups in total. The predicted octanol–water partition coefficient (Wildman–Crippen LogP) is 4.85. The largest absolute Gasteiger partial charge is 0.418 e. The van der Waals surface area contributed by atoms with Crippen molar-refractivity contribution in [2.24, 2.45) is 0 Å². The highest BCUT2D eigenvalue weighted by atomic mass is 19.4. The number of aryl methyl sites for hydroxylation is 1. The fourth-order valence-electron chi connectivity index (χ4n) is 2.20. The highest BCUT2D eigenvalue weighted by Gasteiger charge is 2.40. The molecule has 0 heterocycles. The van der Waals surface area contributed by atoms with E-state index in [0.29, 0.717) is 12.1 Å². The van der Waals surface area contributed by atoms with Crippen molar-refractivity contribution in [1.82, 2.24) is 0 Å². The van der Waals surface area contributed by atoms with E-state index in [0.717, 1.165) is 6.07 Å². The lowest BCUT2D eigenvalue weighted by Crippen LogP contribution is -2.12. The molecule has 0 fully saturated rings. The smallest absolute Gasteiger partial charge is 0.347 e. The summed E-state index contributed by atoms with van der Waals surface area (Å²) in [4.78, 5) is 19.4. The van der Waals surface area contributed by atoms with Crippen molar-refractivity contribution in [1.29, 1.82) is 0 Å². The van der Waals surface area contributed by atoms with Gasteiger partial charge in [0.05, 0.1) is 27.2 Å². The molecule has 0 aliphatic heterocycles. The van der Waals surface area contributed by atoms with E-state index in [-0.39, 0.29) is 11.6 Å². The van der Waals surface area contributed by atoms with Crippen LogP contribution in [0, 0.1) is 38.8 Å². The number of halogens is 5. The maximum atomic E-state index is 13.9. The molecule has 0 bridgehead atoms. The van der Waals surface area contributed by atoms with Crippen LogP contribution in [0.3, 0.4) is 0 Å². The minimum Gasteiger partial charge on any atom is -0.347 e. The Bertz CT molecular complexity index is 891. The minimum atomic E-state index is -5.22. The molecule has 138 valence electrons. The number of anilines is 2. The van der Waals surface area contributed by atoms with Gasteiger partial charge in [-0.25, -0.2) is 8.78 Å². The molecule has 2 aromatic rings. The van der Waals surface area contributed by atoms with Gasteiger partial charge in [-0.3, -0.25) is 20.2 Å². The van der Waals surface area contributed by atoms with Crippen LogP contribution in [-0.2, 0) is 6.18 Å². The number of rotatable bonds is 4. The maximum absolute atomic E-state index is 13.9. The monoisotopic (exact) mass is 377 g/mol. The quantitative estimate of drug-likeness (QED) is 0.466. The molecular weight excluding hydrogens is 369 g/mol. The van der Waals surface area contributed by atoms with Crippen LogP contribution in [0.15, 0.2) is 24.3 Å². The number of nitro groups is 2. The lowest BCUT2D eigenvalue weighted by molar-refractivity contribution is -0.394. The number of hydrogen-bond acceptors (Lipinski definition) is 5. The van der Waals surface area contributed by atoms with Gasteiger partial charge in [0.1, 0.15) is 17.3 Å². The number of benzene rings is 2. The molecule has 0 saturated heterocycles. The molecule has 0 atom stereocenters. The van der Waals surface area contributed by atoms with Crippen LogP contribution < -0.4 is 5.32 Å². The summed E-state index contributed by atoms with van der Waals surface area (Å²) in [5, 5.41) is 23.8. The first-order valence-electron chi connectivity index (χ1n) is 6.68. The van der Waals surface area contributed by atoms with Crippen LogP contribution in [-0.4, -0.2) is 9.85 Å². The summed E-state index contributed by atoms with van der Waals surface area (Å²) in [7, 11) is 0. The standard InChI is InChI=1S/C14H8F5N3O4/c1-6-2-7(15)3-10(16)12(6)20-13-9(14(17,18)19)4-8(21(23)24)5-11(13)22(25)26/h2-5,20H,1H3. The first-order chi connectivity index (χ1) is 11.9. The van der Waals surface area contributed by atoms with Crippen LogP contribution in [0.25, 0.3) is 0 Å². The van der Waals surface area contributed by atoms with E-state index in [1.165, 1.54) is 6.92 Å². The number of nitro benzene ring substituents is 2.